The van der Waals surface area contributed by atoms with E-state index in [-0.39, 0.29) is 5.75 Å². The summed E-state index contributed by atoms with van der Waals surface area (Å²) in [5, 5.41) is 9.48. The van der Waals surface area contributed by atoms with Gasteiger partial charge in [0.25, 0.3) is 0 Å². The molecule has 0 saturated heterocycles. The van der Waals surface area contributed by atoms with Crippen molar-refractivity contribution < 1.29 is 9.50 Å². The number of hydrogen-bond donors (Lipinski definition) is 2. The van der Waals surface area contributed by atoms with E-state index in [1.165, 1.54) is 0 Å². The van der Waals surface area contributed by atoms with E-state index in [0.717, 1.165) is 18.4 Å². The highest BCUT2D eigenvalue weighted by atomic mass is 79.9. The van der Waals surface area contributed by atoms with Crippen LogP contribution in [0.25, 0.3) is 0 Å². The van der Waals surface area contributed by atoms with Gasteiger partial charge in [-0.2, -0.15) is 0 Å². The van der Waals surface area contributed by atoms with E-state index in [4.69, 9.17) is 5.73 Å². The van der Waals surface area contributed by atoms with Gasteiger partial charge in [-0.3, -0.25) is 0 Å². The molecule has 0 amide bonds. The minimum absolute atomic E-state index is 0.336. The van der Waals surface area contributed by atoms with E-state index >= 15 is 0 Å². The third-order valence-electron chi connectivity index (χ3n) is 2.68. The Kier molecular flexibility index (Phi) is 2.08. The second-order valence-electron chi connectivity index (χ2n) is 3.87. The summed E-state index contributed by atoms with van der Waals surface area (Å²) in [6.07, 6.45) is 1.56. The molecule has 0 unspecified atom stereocenters. The second-order valence-corrected chi connectivity index (χ2v) is 4.67. The molecule has 14 heavy (non-hydrogen) atoms. The Bertz CT molecular complexity index is 402. The lowest BCUT2D eigenvalue weighted by molar-refractivity contribution is 0.420. The first-order valence-corrected chi connectivity index (χ1v) is 5.22. The Morgan fingerprint density at radius 2 is 2.14 bits per heavy atom. The van der Waals surface area contributed by atoms with Crippen LogP contribution in [0.3, 0.4) is 0 Å². The van der Waals surface area contributed by atoms with Gasteiger partial charge in [0.2, 0.25) is 0 Å². The van der Waals surface area contributed by atoms with Crippen molar-refractivity contribution in [2.24, 2.45) is 5.73 Å². The van der Waals surface area contributed by atoms with E-state index in [1.807, 2.05) is 0 Å². The lowest BCUT2D eigenvalue weighted by atomic mass is 10.0. The minimum Gasteiger partial charge on any atom is -0.504 e. The largest absolute Gasteiger partial charge is 0.504 e. The molecule has 1 saturated carbocycles. The van der Waals surface area contributed by atoms with Crippen molar-refractivity contribution in [3.05, 3.63) is 27.5 Å². The zero-order valence-corrected chi connectivity index (χ0v) is 9.36. The molecule has 0 aromatic heterocycles. The number of aromatic hydroxyl groups is 1. The van der Waals surface area contributed by atoms with E-state index in [0.29, 0.717) is 10.0 Å². The molecule has 0 aliphatic heterocycles. The average molecular weight is 260 g/mol. The number of nitrogens with two attached hydrogens (primary N) is 1. The molecule has 1 aromatic carbocycles. The summed E-state index contributed by atoms with van der Waals surface area (Å²) in [6, 6.07) is 1.70. The van der Waals surface area contributed by atoms with Crippen LogP contribution in [0.1, 0.15) is 24.0 Å². The zero-order chi connectivity index (χ0) is 10.5. The molecule has 1 aliphatic carbocycles. The number of phenols is 1. The van der Waals surface area contributed by atoms with Crippen molar-refractivity contribution in [3.8, 4) is 5.75 Å². The maximum absolute atomic E-state index is 13.6. The second kappa shape index (κ2) is 2.94. The van der Waals surface area contributed by atoms with Crippen LogP contribution < -0.4 is 5.73 Å². The van der Waals surface area contributed by atoms with Crippen LogP contribution in [0.4, 0.5) is 4.39 Å². The summed E-state index contributed by atoms with van der Waals surface area (Å²) >= 11 is 3.12. The molecule has 0 radical (unpaired) electrons. The van der Waals surface area contributed by atoms with Crippen molar-refractivity contribution in [3.63, 3.8) is 0 Å². The van der Waals surface area contributed by atoms with E-state index in [1.54, 1.807) is 13.0 Å². The molecule has 76 valence electrons. The molecule has 0 bridgehead atoms. The Hall–Kier alpha value is -0.610. The lowest BCUT2D eigenvalue weighted by Crippen LogP contribution is -2.20. The molecular formula is C10H11BrFNO. The highest BCUT2D eigenvalue weighted by molar-refractivity contribution is 9.10. The first kappa shape index (κ1) is 9.93. The van der Waals surface area contributed by atoms with Gasteiger partial charge in [0.1, 0.15) is 0 Å². The Morgan fingerprint density at radius 3 is 2.64 bits per heavy atom. The van der Waals surface area contributed by atoms with Gasteiger partial charge >= 0.3 is 0 Å². The number of rotatable bonds is 1. The number of halogens is 2. The van der Waals surface area contributed by atoms with Gasteiger partial charge in [-0.1, -0.05) is 0 Å². The normalized spacial score (nSPS) is 18.3. The van der Waals surface area contributed by atoms with Gasteiger partial charge < -0.3 is 10.8 Å². The van der Waals surface area contributed by atoms with Crippen molar-refractivity contribution in [1.82, 2.24) is 0 Å². The summed E-state index contributed by atoms with van der Waals surface area (Å²) in [5.41, 5.74) is 6.57. The minimum atomic E-state index is -0.595. The maximum Gasteiger partial charge on any atom is 0.171 e. The predicted octanol–water partition coefficient (Wildman–Crippen LogP) is 2.55. The molecule has 1 aromatic rings. The van der Waals surface area contributed by atoms with Crippen LogP contribution in [0.2, 0.25) is 0 Å². The summed E-state index contributed by atoms with van der Waals surface area (Å²) in [7, 11) is 0. The van der Waals surface area contributed by atoms with Gasteiger partial charge in [0.15, 0.2) is 11.6 Å². The van der Waals surface area contributed by atoms with Crippen LogP contribution in [0.5, 0.6) is 5.75 Å². The van der Waals surface area contributed by atoms with Crippen LogP contribution in [-0.2, 0) is 5.54 Å². The van der Waals surface area contributed by atoms with Gasteiger partial charge in [-0.05, 0) is 47.3 Å². The zero-order valence-electron chi connectivity index (χ0n) is 7.77. The fraction of sp³-hybridized carbons (Fsp3) is 0.400. The fourth-order valence-electron chi connectivity index (χ4n) is 1.52. The Labute approximate surface area is 90.1 Å². The Morgan fingerprint density at radius 1 is 1.57 bits per heavy atom. The van der Waals surface area contributed by atoms with Gasteiger partial charge in [0.05, 0.1) is 4.47 Å². The van der Waals surface area contributed by atoms with E-state index in [9.17, 15) is 9.50 Å². The standard InChI is InChI=1S/C10H11BrFNO/c1-5-4-6(10(13)2-3-10)8(12)9(14)7(5)11/h4,14H,2-3,13H2,1H3. The van der Waals surface area contributed by atoms with Gasteiger partial charge in [-0.25, -0.2) is 4.39 Å². The molecule has 0 heterocycles. The molecule has 0 atom stereocenters. The fourth-order valence-corrected chi connectivity index (χ4v) is 1.81. The molecule has 0 spiro atoms. The lowest BCUT2D eigenvalue weighted by Gasteiger charge is -2.14. The summed E-state index contributed by atoms with van der Waals surface area (Å²) in [6.45, 7) is 1.80. The number of benzene rings is 1. The molecule has 1 fully saturated rings. The number of hydrogen-bond acceptors (Lipinski definition) is 2. The monoisotopic (exact) mass is 259 g/mol. The summed E-state index contributed by atoms with van der Waals surface area (Å²) in [4.78, 5) is 0. The Balaban J connectivity index is 2.62. The smallest absolute Gasteiger partial charge is 0.171 e. The van der Waals surface area contributed by atoms with Crippen LogP contribution in [0, 0.1) is 12.7 Å². The van der Waals surface area contributed by atoms with Crippen molar-refractivity contribution >= 4 is 15.9 Å². The van der Waals surface area contributed by atoms with Crippen molar-refractivity contribution in [1.29, 1.82) is 0 Å². The molecular weight excluding hydrogens is 249 g/mol. The molecule has 4 heteroatoms. The van der Waals surface area contributed by atoms with Crippen molar-refractivity contribution in [2.45, 2.75) is 25.3 Å². The third kappa shape index (κ3) is 1.33. The molecule has 3 N–H and O–H groups in total. The first-order chi connectivity index (χ1) is 6.46. The van der Waals surface area contributed by atoms with E-state index in [2.05, 4.69) is 15.9 Å². The van der Waals surface area contributed by atoms with Crippen LogP contribution in [-0.4, -0.2) is 5.11 Å². The predicted molar refractivity (Wildman–Crippen MR) is 55.6 cm³/mol. The van der Waals surface area contributed by atoms with Crippen LogP contribution in [0.15, 0.2) is 10.5 Å². The maximum atomic E-state index is 13.6. The van der Waals surface area contributed by atoms with Gasteiger partial charge in [0, 0.05) is 11.1 Å². The van der Waals surface area contributed by atoms with Crippen LogP contribution >= 0.6 is 15.9 Å². The third-order valence-corrected chi connectivity index (χ3v) is 3.69. The summed E-state index contributed by atoms with van der Waals surface area (Å²) < 4.78 is 14.0. The molecule has 2 nitrogen and oxygen atoms in total. The number of aryl methyl sites for hydroxylation is 1. The quantitative estimate of drug-likeness (QED) is 0.815. The average Bonchev–Trinajstić information content (AvgIpc) is 2.87. The van der Waals surface area contributed by atoms with E-state index < -0.39 is 11.4 Å². The molecule has 2 rings (SSSR count). The highest BCUT2D eigenvalue weighted by Crippen LogP contribution is 2.47. The highest BCUT2D eigenvalue weighted by Gasteiger charge is 2.43. The van der Waals surface area contributed by atoms with Gasteiger partial charge in [-0.15, -0.1) is 0 Å². The summed E-state index contributed by atoms with van der Waals surface area (Å²) in [5.74, 6) is -0.931. The molecule has 1 aliphatic rings. The first-order valence-electron chi connectivity index (χ1n) is 4.42. The SMILES string of the molecule is Cc1cc(C2(N)CC2)c(F)c(O)c1Br. The van der Waals surface area contributed by atoms with Crippen molar-refractivity contribution in [2.75, 3.05) is 0 Å². The topological polar surface area (TPSA) is 46.2 Å². The number of phenolic OH excluding ortho intramolecular Hbond substituents is 1.